The second kappa shape index (κ2) is 3.59. The fraction of sp³-hybridized carbons (Fsp3) is 0.818. The lowest BCUT2D eigenvalue weighted by atomic mass is 9.84. The van der Waals surface area contributed by atoms with Gasteiger partial charge < -0.3 is 10.3 Å². The standard InChI is InChI=1S/C11H18N4/c12-7-9-5-2-6-10-13-14-11(15(9)10)8-3-1-4-8/h8-9H,1-7,12H2. The number of fused-ring (bicyclic) bond motifs is 1. The number of nitrogens with zero attached hydrogens (tertiary/aromatic N) is 3. The maximum atomic E-state index is 5.83. The van der Waals surface area contributed by atoms with Gasteiger partial charge in [0.1, 0.15) is 11.6 Å². The van der Waals surface area contributed by atoms with Crippen molar-refractivity contribution < 1.29 is 0 Å². The molecule has 0 spiro atoms. The Balaban J connectivity index is 1.97. The highest BCUT2D eigenvalue weighted by Crippen LogP contribution is 2.38. The molecule has 2 N–H and O–H groups in total. The number of rotatable bonds is 2. The molecular formula is C11H18N4. The molecule has 1 saturated carbocycles. The van der Waals surface area contributed by atoms with Crippen LogP contribution in [-0.4, -0.2) is 21.3 Å². The highest BCUT2D eigenvalue weighted by atomic mass is 15.3. The van der Waals surface area contributed by atoms with Crippen molar-refractivity contribution in [3.05, 3.63) is 11.6 Å². The van der Waals surface area contributed by atoms with Gasteiger partial charge in [-0.25, -0.2) is 0 Å². The smallest absolute Gasteiger partial charge is 0.136 e. The summed E-state index contributed by atoms with van der Waals surface area (Å²) in [5.41, 5.74) is 5.83. The highest BCUT2D eigenvalue weighted by Gasteiger charge is 2.30. The van der Waals surface area contributed by atoms with E-state index in [0.717, 1.165) is 13.0 Å². The van der Waals surface area contributed by atoms with Crippen LogP contribution in [0.15, 0.2) is 0 Å². The summed E-state index contributed by atoms with van der Waals surface area (Å²) in [5, 5.41) is 8.69. The average molecular weight is 206 g/mol. The Kier molecular flexibility index (Phi) is 2.24. The van der Waals surface area contributed by atoms with E-state index in [0.29, 0.717) is 12.0 Å². The third-order valence-corrected chi connectivity index (χ3v) is 3.84. The molecule has 0 bridgehead atoms. The third-order valence-electron chi connectivity index (χ3n) is 3.84. The Morgan fingerprint density at radius 3 is 2.73 bits per heavy atom. The molecule has 4 nitrogen and oxygen atoms in total. The summed E-state index contributed by atoms with van der Waals surface area (Å²) < 4.78 is 2.34. The lowest BCUT2D eigenvalue weighted by Crippen LogP contribution is -2.28. The number of aromatic nitrogens is 3. The number of aryl methyl sites for hydroxylation is 1. The monoisotopic (exact) mass is 206 g/mol. The van der Waals surface area contributed by atoms with Crippen LogP contribution in [0.3, 0.4) is 0 Å². The summed E-state index contributed by atoms with van der Waals surface area (Å²) in [4.78, 5) is 0. The topological polar surface area (TPSA) is 56.7 Å². The molecule has 0 aromatic carbocycles. The van der Waals surface area contributed by atoms with Gasteiger partial charge in [0.15, 0.2) is 0 Å². The SMILES string of the molecule is NCC1CCCc2nnc(C3CCC3)n21. The molecule has 2 heterocycles. The van der Waals surface area contributed by atoms with Crippen molar-refractivity contribution in [1.82, 2.24) is 14.8 Å². The molecule has 3 rings (SSSR count). The molecule has 1 aliphatic carbocycles. The van der Waals surface area contributed by atoms with Crippen LogP contribution >= 0.6 is 0 Å². The highest BCUT2D eigenvalue weighted by molar-refractivity contribution is 5.09. The minimum absolute atomic E-state index is 0.458. The predicted molar refractivity (Wildman–Crippen MR) is 57.6 cm³/mol. The molecule has 82 valence electrons. The van der Waals surface area contributed by atoms with Crippen LogP contribution in [0.25, 0.3) is 0 Å². The van der Waals surface area contributed by atoms with Gasteiger partial charge in [0.25, 0.3) is 0 Å². The molecule has 1 unspecified atom stereocenters. The first-order chi connectivity index (χ1) is 7.40. The second-order valence-corrected chi connectivity index (χ2v) is 4.75. The zero-order valence-electron chi connectivity index (χ0n) is 9.02. The molecule has 1 aliphatic heterocycles. The van der Waals surface area contributed by atoms with Gasteiger partial charge in [0, 0.05) is 24.9 Å². The van der Waals surface area contributed by atoms with Crippen LogP contribution in [-0.2, 0) is 6.42 Å². The van der Waals surface area contributed by atoms with Crippen LogP contribution in [0.4, 0.5) is 0 Å². The van der Waals surface area contributed by atoms with E-state index >= 15 is 0 Å². The second-order valence-electron chi connectivity index (χ2n) is 4.75. The van der Waals surface area contributed by atoms with E-state index < -0.39 is 0 Å². The van der Waals surface area contributed by atoms with Gasteiger partial charge in [-0.1, -0.05) is 6.42 Å². The summed E-state index contributed by atoms with van der Waals surface area (Å²) in [6, 6.07) is 0.458. The maximum Gasteiger partial charge on any atom is 0.136 e. The van der Waals surface area contributed by atoms with Crippen molar-refractivity contribution in [3.8, 4) is 0 Å². The lowest BCUT2D eigenvalue weighted by molar-refractivity contribution is 0.341. The zero-order valence-corrected chi connectivity index (χ0v) is 9.02. The van der Waals surface area contributed by atoms with E-state index in [4.69, 9.17) is 5.73 Å². The molecule has 1 aromatic heterocycles. The first-order valence-electron chi connectivity index (χ1n) is 6.04. The van der Waals surface area contributed by atoms with Gasteiger partial charge in [-0.05, 0) is 25.7 Å². The fourth-order valence-corrected chi connectivity index (χ4v) is 2.70. The van der Waals surface area contributed by atoms with Crippen LogP contribution in [0, 0.1) is 0 Å². The fourth-order valence-electron chi connectivity index (χ4n) is 2.70. The summed E-state index contributed by atoms with van der Waals surface area (Å²) in [5.74, 6) is 3.04. The Labute approximate surface area is 89.9 Å². The maximum absolute atomic E-state index is 5.83. The zero-order chi connectivity index (χ0) is 10.3. The van der Waals surface area contributed by atoms with Gasteiger partial charge >= 0.3 is 0 Å². The van der Waals surface area contributed by atoms with Crippen molar-refractivity contribution in [3.63, 3.8) is 0 Å². The molecule has 1 atom stereocenters. The number of hydrogen-bond acceptors (Lipinski definition) is 3. The van der Waals surface area contributed by atoms with Crippen molar-refractivity contribution in [2.24, 2.45) is 5.73 Å². The molecule has 1 aromatic rings. The molecule has 15 heavy (non-hydrogen) atoms. The van der Waals surface area contributed by atoms with Gasteiger partial charge in [0.2, 0.25) is 0 Å². The quantitative estimate of drug-likeness (QED) is 0.795. The van der Waals surface area contributed by atoms with E-state index in [1.165, 1.54) is 43.8 Å². The normalized spacial score (nSPS) is 26.1. The molecule has 4 heteroatoms. The number of nitrogens with two attached hydrogens (primary N) is 1. The van der Waals surface area contributed by atoms with E-state index in [9.17, 15) is 0 Å². The van der Waals surface area contributed by atoms with Gasteiger partial charge in [0.05, 0.1) is 0 Å². The summed E-state index contributed by atoms with van der Waals surface area (Å²) in [7, 11) is 0. The summed E-state index contributed by atoms with van der Waals surface area (Å²) in [6.45, 7) is 0.727. The van der Waals surface area contributed by atoms with Crippen molar-refractivity contribution >= 4 is 0 Å². The van der Waals surface area contributed by atoms with Crippen LogP contribution in [0.5, 0.6) is 0 Å². The molecular weight excluding hydrogens is 188 g/mol. The first kappa shape index (κ1) is 9.33. The van der Waals surface area contributed by atoms with Crippen LogP contribution in [0.1, 0.15) is 55.7 Å². The molecule has 0 amide bonds. The van der Waals surface area contributed by atoms with Crippen molar-refractivity contribution in [1.29, 1.82) is 0 Å². The van der Waals surface area contributed by atoms with E-state index in [1.807, 2.05) is 0 Å². The van der Waals surface area contributed by atoms with Gasteiger partial charge in [-0.15, -0.1) is 10.2 Å². The van der Waals surface area contributed by atoms with E-state index in [2.05, 4.69) is 14.8 Å². The van der Waals surface area contributed by atoms with Crippen LogP contribution < -0.4 is 5.73 Å². The molecule has 2 aliphatic rings. The van der Waals surface area contributed by atoms with Gasteiger partial charge in [-0.2, -0.15) is 0 Å². The predicted octanol–water partition coefficient (Wildman–Crippen LogP) is 1.38. The summed E-state index contributed by atoms with van der Waals surface area (Å²) >= 11 is 0. The largest absolute Gasteiger partial charge is 0.328 e. The summed E-state index contributed by atoms with van der Waals surface area (Å²) in [6.07, 6.45) is 7.41. The van der Waals surface area contributed by atoms with E-state index in [1.54, 1.807) is 0 Å². The minimum atomic E-state index is 0.458. The first-order valence-corrected chi connectivity index (χ1v) is 6.04. The van der Waals surface area contributed by atoms with Crippen molar-refractivity contribution in [2.75, 3.05) is 6.54 Å². The molecule has 0 saturated heterocycles. The Morgan fingerprint density at radius 2 is 2.07 bits per heavy atom. The van der Waals surface area contributed by atoms with Gasteiger partial charge in [-0.3, -0.25) is 0 Å². The molecule has 1 fully saturated rings. The minimum Gasteiger partial charge on any atom is -0.328 e. The van der Waals surface area contributed by atoms with E-state index in [-0.39, 0.29) is 0 Å². The Bertz CT molecular complexity index is 353. The lowest BCUT2D eigenvalue weighted by Gasteiger charge is -2.30. The Hall–Kier alpha value is -0.900. The third kappa shape index (κ3) is 1.39. The number of hydrogen-bond donors (Lipinski definition) is 1. The van der Waals surface area contributed by atoms with Crippen molar-refractivity contribution in [2.45, 2.75) is 50.5 Å². The molecule has 0 radical (unpaired) electrons. The van der Waals surface area contributed by atoms with Crippen LogP contribution in [0.2, 0.25) is 0 Å². The Morgan fingerprint density at radius 1 is 1.20 bits per heavy atom. The average Bonchev–Trinajstić information content (AvgIpc) is 2.59.